The van der Waals surface area contributed by atoms with E-state index < -0.39 is 5.97 Å². The molecule has 1 unspecified atom stereocenters. The van der Waals surface area contributed by atoms with E-state index in [-0.39, 0.29) is 24.4 Å². The molecule has 26 heavy (non-hydrogen) atoms. The molecule has 1 heterocycles. The van der Waals surface area contributed by atoms with Crippen molar-refractivity contribution in [3.63, 3.8) is 0 Å². The molecule has 2 rings (SSSR count). The van der Waals surface area contributed by atoms with Crippen LogP contribution in [0, 0.1) is 12.8 Å². The second kappa shape index (κ2) is 9.22. The summed E-state index contributed by atoms with van der Waals surface area (Å²) in [7, 11) is 0. The number of aliphatic carboxylic acids is 1. The third kappa shape index (κ3) is 5.47. The fraction of sp³-hybridized carbons (Fsp3) is 0.526. The minimum absolute atomic E-state index is 0.178. The van der Waals surface area contributed by atoms with E-state index in [1.165, 1.54) is 4.90 Å². The molecule has 3 amide bonds. The summed E-state index contributed by atoms with van der Waals surface area (Å²) in [5, 5.41) is 11.9. The number of hydrogen-bond donors (Lipinski definition) is 2. The third-order valence-electron chi connectivity index (χ3n) is 4.46. The minimum Gasteiger partial charge on any atom is -0.480 e. The molecule has 1 fully saturated rings. The Morgan fingerprint density at radius 2 is 2.12 bits per heavy atom. The zero-order valence-electron chi connectivity index (χ0n) is 15.4. The Hall–Kier alpha value is -2.57. The average molecular weight is 361 g/mol. The van der Waals surface area contributed by atoms with E-state index in [1.54, 1.807) is 4.90 Å². The fourth-order valence-corrected chi connectivity index (χ4v) is 3.25. The van der Waals surface area contributed by atoms with Crippen molar-refractivity contribution in [2.75, 3.05) is 31.5 Å². The second-order valence-corrected chi connectivity index (χ2v) is 6.74. The van der Waals surface area contributed by atoms with E-state index in [0.29, 0.717) is 32.5 Å². The highest BCUT2D eigenvalue weighted by Gasteiger charge is 2.31. The molecule has 0 saturated carbocycles. The monoisotopic (exact) mass is 361 g/mol. The number of carbonyl (C=O) groups excluding carboxylic acids is 2. The van der Waals surface area contributed by atoms with Gasteiger partial charge >= 0.3 is 12.0 Å². The molecular formula is C19H27N3O4. The van der Waals surface area contributed by atoms with Gasteiger partial charge in [0.2, 0.25) is 5.91 Å². The van der Waals surface area contributed by atoms with Crippen LogP contribution in [0.2, 0.25) is 0 Å². The van der Waals surface area contributed by atoms with E-state index >= 15 is 0 Å². The first kappa shape index (κ1) is 19.8. The molecule has 2 N–H and O–H groups in total. The Balaban J connectivity index is 1.99. The van der Waals surface area contributed by atoms with Gasteiger partial charge in [-0.2, -0.15) is 0 Å². The van der Waals surface area contributed by atoms with Gasteiger partial charge in [-0.25, -0.2) is 4.79 Å². The molecule has 1 atom stereocenters. The molecule has 0 radical (unpaired) electrons. The van der Waals surface area contributed by atoms with Gasteiger partial charge in [-0.1, -0.05) is 19.1 Å². The molecule has 0 aromatic heterocycles. The van der Waals surface area contributed by atoms with E-state index in [1.807, 2.05) is 38.1 Å². The van der Waals surface area contributed by atoms with Crippen LogP contribution in [-0.2, 0) is 9.59 Å². The van der Waals surface area contributed by atoms with Gasteiger partial charge < -0.3 is 20.2 Å². The number of hydrogen-bond acceptors (Lipinski definition) is 3. The average Bonchev–Trinajstić information content (AvgIpc) is 2.60. The number of anilines is 1. The maximum Gasteiger partial charge on any atom is 0.323 e. The summed E-state index contributed by atoms with van der Waals surface area (Å²) in [4.78, 5) is 39.2. The zero-order valence-corrected chi connectivity index (χ0v) is 15.4. The van der Waals surface area contributed by atoms with Crippen molar-refractivity contribution in [2.45, 2.75) is 33.1 Å². The van der Waals surface area contributed by atoms with Crippen LogP contribution in [0.15, 0.2) is 24.3 Å². The summed E-state index contributed by atoms with van der Waals surface area (Å²) in [6.45, 7) is 4.89. The predicted molar refractivity (Wildman–Crippen MR) is 99.0 cm³/mol. The smallest absolute Gasteiger partial charge is 0.323 e. The zero-order chi connectivity index (χ0) is 19.1. The van der Waals surface area contributed by atoms with Crippen LogP contribution < -0.4 is 5.32 Å². The van der Waals surface area contributed by atoms with Crippen molar-refractivity contribution in [1.82, 2.24) is 9.80 Å². The van der Waals surface area contributed by atoms with Crippen molar-refractivity contribution < 1.29 is 19.5 Å². The number of urea groups is 1. The Labute approximate surface area is 154 Å². The molecule has 1 aromatic carbocycles. The van der Waals surface area contributed by atoms with Crippen LogP contribution in [0.5, 0.6) is 0 Å². The van der Waals surface area contributed by atoms with Gasteiger partial charge in [0.15, 0.2) is 0 Å². The van der Waals surface area contributed by atoms with Gasteiger partial charge in [-0.15, -0.1) is 0 Å². The Bertz CT molecular complexity index is 662. The van der Waals surface area contributed by atoms with Gasteiger partial charge in [0.25, 0.3) is 0 Å². The van der Waals surface area contributed by atoms with E-state index in [2.05, 4.69) is 5.32 Å². The highest BCUT2D eigenvalue weighted by molar-refractivity contribution is 5.90. The lowest BCUT2D eigenvalue weighted by molar-refractivity contribution is -0.147. The number of aryl methyl sites for hydroxylation is 1. The van der Waals surface area contributed by atoms with Crippen molar-refractivity contribution in [2.24, 2.45) is 5.92 Å². The molecule has 7 heteroatoms. The van der Waals surface area contributed by atoms with Crippen molar-refractivity contribution in [1.29, 1.82) is 0 Å². The molecule has 1 aliphatic heterocycles. The van der Waals surface area contributed by atoms with Crippen molar-refractivity contribution in [3.05, 3.63) is 29.8 Å². The van der Waals surface area contributed by atoms with Gasteiger partial charge in [0.05, 0.1) is 5.92 Å². The number of benzene rings is 1. The highest BCUT2D eigenvalue weighted by Crippen LogP contribution is 2.20. The normalized spacial score (nSPS) is 16.8. The largest absolute Gasteiger partial charge is 0.480 e. The maximum absolute atomic E-state index is 12.7. The second-order valence-electron chi connectivity index (χ2n) is 6.74. The number of carboxylic acids is 1. The molecule has 142 valence electrons. The predicted octanol–water partition coefficient (Wildman–Crippen LogP) is 2.56. The molecule has 0 aliphatic carbocycles. The topological polar surface area (TPSA) is 90.0 Å². The lowest BCUT2D eigenvalue weighted by Crippen LogP contribution is -2.49. The Kier molecular flexibility index (Phi) is 7.00. The highest BCUT2D eigenvalue weighted by atomic mass is 16.4. The summed E-state index contributed by atoms with van der Waals surface area (Å²) in [5.41, 5.74) is 1.78. The van der Waals surface area contributed by atoms with Gasteiger partial charge in [-0.3, -0.25) is 9.59 Å². The van der Waals surface area contributed by atoms with Crippen LogP contribution >= 0.6 is 0 Å². The first-order valence-corrected chi connectivity index (χ1v) is 9.04. The minimum atomic E-state index is -1.02. The number of nitrogens with one attached hydrogen (secondary N) is 1. The number of amides is 3. The van der Waals surface area contributed by atoms with Crippen LogP contribution in [-0.4, -0.2) is 59.0 Å². The third-order valence-corrected chi connectivity index (χ3v) is 4.46. The summed E-state index contributed by atoms with van der Waals surface area (Å²) in [5.74, 6) is -1.54. The Morgan fingerprint density at radius 1 is 1.35 bits per heavy atom. The van der Waals surface area contributed by atoms with Crippen LogP contribution in [0.4, 0.5) is 10.5 Å². The lowest BCUT2D eigenvalue weighted by atomic mass is 9.96. The summed E-state index contributed by atoms with van der Waals surface area (Å²) in [6.07, 6.45) is 2.10. The summed E-state index contributed by atoms with van der Waals surface area (Å²) >= 11 is 0. The van der Waals surface area contributed by atoms with Crippen LogP contribution in [0.25, 0.3) is 0 Å². The lowest BCUT2D eigenvalue weighted by Gasteiger charge is -2.34. The van der Waals surface area contributed by atoms with Crippen LogP contribution in [0.1, 0.15) is 31.7 Å². The first-order chi connectivity index (χ1) is 12.4. The Morgan fingerprint density at radius 3 is 2.77 bits per heavy atom. The first-order valence-electron chi connectivity index (χ1n) is 9.04. The van der Waals surface area contributed by atoms with Crippen LogP contribution in [0.3, 0.4) is 0 Å². The maximum atomic E-state index is 12.7. The summed E-state index contributed by atoms with van der Waals surface area (Å²) in [6, 6.07) is 7.32. The number of piperidine rings is 1. The van der Waals surface area contributed by atoms with Crippen molar-refractivity contribution in [3.8, 4) is 0 Å². The number of nitrogens with zero attached hydrogens (tertiary/aromatic N) is 2. The van der Waals surface area contributed by atoms with E-state index in [4.69, 9.17) is 5.11 Å². The number of rotatable bonds is 6. The summed E-state index contributed by atoms with van der Waals surface area (Å²) < 4.78 is 0. The quantitative estimate of drug-likeness (QED) is 0.815. The standard InChI is InChI=1S/C19H27N3O4/c1-3-9-21(13-17(23)24)18(25)15-7-5-10-22(12-15)19(26)20-16-8-4-6-14(2)11-16/h4,6,8,11,15H,3,5,7,9-10,12-13H2,1-2H3,(H,20,26)(H,23,24). The number of carboxylic acid groups (broad SMARTS) is 1. The fourth-order valence-electron chi connectivity index (χ4n) is 3.25. The molecule has 1 saturated heterocycles. The molecule has 1 aliphatic rings. The van der Waals surface area contributed by atoms with E-state index in [9.17, 15) is 14.4 Å². The molecule has 0 bridgehead atoms. The van der Waals surface area contributed by atoms with Gasteiger partial charge in [-0.05, 0) is 43.9 Å². The van der Waals surface area contributed by atoms with Crippen molar-refractivity contribution >= 4 is 23.6 Å². The number of carbonyl (C=O) groups is 3. The molecule has 0 spiro atoms. The van der Waals surface area contributed by atoms with Gasteiger partial charge in [0, 0.05) is 25.3 Å². The molecular weight excluding hydrogens is 334 g/mol. The molecule has 7 nitrogen and oxygen atoms in total. The molecule has 1 aromatic rings. The van der Waals surface area contributed by atoms with E-state index in [0.717, 1.165) is 17.7 Å². The number of likely N-dealkylation sites (tertiary alicyclic amines) is 1. The van der Waals surface area contributed by atoms with Gasteiger partial charge in [0.1, 0.15) is 6.54 Å². The SMILES string of the molecule is CCCN(CC(=O)O)C(=O)C1CCCN(C(=O)Nc2cccc(C)c2)C1.